The number of fused-ring (bicyclic) bond motifs is 1. The largest absolute Gasteiger partial charge is 0.508 e. The van der Waals surface area contributed by atoms with E-state index < -0.39 is 0 Å². The van der Waals surface area contributed by atoms with E-state index in [1.165, 1.54) is 74.0 Å². The molecule has 0 amide bonds. The Morgan fingerprint density at radius 2 is 1.45 bits per heavy atom. The maximum absolute atomic E-state index is 9.19. The van der Waals surface area contributed by atoms with Gasteiger partial charge in [0.2, 0.25) is 0 Å². The normalized spacial score (nSPS) is 14.8. The van der Waals surface area contributed by atoms with E-state index in [1.54, 1.807) is 20.3 Å². The fraction of sp³-hybridized carbons (Fsp3) is 0.455. The maximum atomic E-state index is 9.19. The molecule has 0 radical (unpaired) electrons. The maximum Gasteiger partial charge on any atom is 0.162 e. The molecule has 5 nitrogen and oxygen atoms in total. The molecule has 0 bridgehead atoms. The van der Waals surface area contributed by atoms with Crippen LogP contribution in [0.1, 0.15) is 54.9 Å². The number of likely N-dealkylation sites (tertiary alicyclic amines) is 1. The lowest BCUT2D eigenvalue weighted by Gasteiger charge is -2.24. The van der Waals surface area contributed by atoms with Gasteiger partial charge in [0.05, 0.1) is 14.2 Å². The van der Waals surface area contributed by atoms with E-state index in [9.17, 15) is 5.11 Å². The van der Waals surface area contributed by atoms with Gasteiger partial charge in [-0.3, -0.25) is 0 Å². The Balaban J connectivity index is 0.000000253. The zero-order chi connectivity index (χ0) is 26.7. The Morgan fingerprint density at radius 3 is 2.13 bits per heavy atom. The number of phenols is 1. The van der Waals surface area contributed by atoms with Gasteiger partial charge < -0.3 is 24.4 Å². The third-order valence-corrected chi connectivity index (χ3v) is 7.76. The summed E-state index contributed by atoms with van der Waals surface area (Å²) < 4.78 is 10.8. The first-order valence-corrected chi connectivity index (χ1v) is 14.2. The summed E-state index contributed by atoms with van der Waals surface area (Å²) in [5, 5.41) is 9.19. The standard InChI is InChI=1S/C23H32N2O2.C10H12O/c1-4-25(21-11-12-22(26-2)23(17-21)27-3)18-20-9-7-19(8-10-20)13-16-24-14-5-6-15-24;11-10-6-5-8-3-1-2-4-9(8)7-10/h7-12,17H,4-6,13-16,18H2,1-3H3;5-7,11H,1-4H2. The quantitative estimate of drug-likeness (QED) is 0.345. The molecule has 38 heavy (non-hydrogen) atoms. The monoisotopic (exact) mass is 516 g/mol. The number of aryl methyl sites for hydroxylation is 2. The third kappa shape index (κ3) is 7.67. The summed E-state index contributed by atoms with van der Waals surface area (Å²) in [5.41, 5.74) is 6.68. The minimum absolute atomic E-state index is 0.408. The van der Waals surface area contributed by atoms with E-state index in [2.05, 4.69) is 47.1 Å². The Morgan fingerprint density at radius 1 is 0.763 bits per heavy atom. The van der Waals surface area contributed by atoms with Crippen molar-refractivity contribution < 1.29 is 14.6 Å². The Labute approximate surface area is 229 Å². The number of phenolic OH excluding ortho intramolecular Hbond substituents is 1. The number of hydrogen-bond donors (Lipinski definition) is 1. The Hall–Kier alpha value is -3.18. The number of hydrogen-bond acceptors (Lipinski definition) is 5. The van der Waals surface area contributed by atoms with Crippen LogP contribution in [0.15, 0.2) is 60.7 Å². The van der Waals surface area contributed by atoms with E-state index >= 15 is 0 Å². The van der Waals surface area contributed by atoms with Gasteiger partial charge in [0.25, 0.3) is 0 Å². The molecule has 0 spiro atoms. The summed E-state index contributed by atoms with van der Waals surface area (Å²) in [4.78, 5) is 4.92. The fourth-order valence-corrected chi connectivity index (χ4v) is 5.45. The summed E-state index contributed by atoms with van der Waals surface area (Å²) in [6.45, 7) is 7.74. The van der Waals surface area contributed by atoms with Gasteiger partial charge in [0.1, 0.15) is 5.75 Å². The van der Waals surface area contributed by atoms with Gasteiger partial charge >= 0.3 is 0 Å². The molecule has 1 N–H and O–H groups in total. The first kappa shape index (κ1) is 27.8. The molecule has 1 aliphatic carbocycles. The average molecular weight is 517 g/mol. The second kappa shape index (κ2) is 14.1. The van der Waals surface area contributed by atoms with Crippen LogP contribution in [-0.2, 0) is 25.8 Å². The van der Waals surface area contributed by atoms with Crippen LogP contribution in [0.5, 0.6) is 17.2 Å². The molecule has 0 aromatic heterocycles. The van der Waals surface area contributed by atoms with Crippen LogP contribution in [0.3, 0.4) is 0 Å². The fourth-order valence-electron chi connectivity index (χ4n) is 5.45. The molecule has 2 aliphatic rings. The zero-order valence-electron chi connectivity index (χ0n) is 23.4. The van der Waals surface area contributed by atoms with Crippen molar-refractivity contribution in [1.29, 1.82) is 0 Å². The lowest BCUT2D eigenvalue weighted by atomic mass is 9.92. The molecular formula is C33H44N2O3. The van der Waals surface area contributed by atoms with Crippen LogP contribution >= 0.6 is 0 Å². The average Bonchev–Trinajstić information content (AvgIpc) is 3.49. The van der Waals surface area contributed by atoms with Crippen molar-refractivity contribution in [3.63, 3.8) is 0 Å². The number of benzene rings is 3. The van der Waals surface area contributed by atoms with E-state index in [4.69, 9.17) is 9.47 Å². The van der Waals surface area contributed by atoms with Gasteiger partial charge in [-0.25, -0.2) is 0 Å². The number of rotatable bonds is 9. The van der Waals surface area contributed by atoms with Crippen LogP contribution < -0.4 is 14.4 Å². The molecule has 5 rings (SSSR count). The first-order valence-electron chi connectivity index (χ1n) is 14.2. The molecule has 1 fully saturated rings. The van der Waals surface area contributed by atoms with Crippen molar-refractivity contribution in [2.75, 3.05) is 45.3 Å². The molecule has 0 unspecified atom stereocenters. The molecule has 0 atom stereocenters. The van der Waals surface area contributed by atoms with Crippen molar-refractivity contribution >= 4 is 5.69 Å². The zero-order valence-corrected chi connectivity index (χ0v) is 23.4. The van der Waals surface area contributed by atoms with Crippen molar-refractivity contribution in [1.82, 2.24) is 4.90 Å². The van der Waals surface area contributed by atoms with Crippen LogP contribution in [0.2, 0.25) is 0 Å². The van der Waals surface area contributed by atoms with Gasteiger partial charge in [-0.2, -0.15) is 0 Å². The summed E-state index contributed by atoms with van der Waals surface area (Å²) >= 11 is 0. The van der Waals surface area contributed by atoms with Crippen LogP contribution in [0, 0.1) is 0 Å². The minimum Gasteiger partial charge on any atom is -0.508 e. The highest BCUT2D eigenvalue weighted by Gasteiger charge is 2.12. The van der Waals surface area contributed by atoms with Crippen molar-refractivity contribution in [2.45, 2.75) is 58.4 Å². The van der Waals surface area contributed by atoms with Crippen LogP contribution in [0.4, 0.5) is 5.69 Å². The summed E-state index contributed by atoms with van der Waals surface area (Å²) in [6.07, 6.45) is 8.78. The predicted octanol–water partition coefficient (Wildman–Crippen LogP) is 6.64. The summed E-state index contributed by atoms with van der Waals surface area (Å²) in [5.74, 6) is 1.94. The molecule has 1 saturated heterocycles. The van der Waals surface area contributed by atoms with Crippen LogP contribution in [-0.4, -0.2) is 50.4 Å². The molecule has 5 heteroatoms. The number of methoxy groups -OCH3 is 2. The molecule has 0 saturated carbocycles. The van der Waals surface area contributed by atoms with E-state index in [0.717, 1.165) is 43.1 Å². The van der Waals surface area contributed by atoms with Gasteiger partial charge in [-0.15, -0.1) is 0 Å². The summed E-state index contributed by atoms with van der Waals surface area (Å²) in [6, 6.07) is 20.9. The molecule has 3 aromatic rings. The molecule has 3 aromatic carbocycles. The van der Waals surface area contributed by atoms with E-state index in [-0.39, 0.29) is 0 Å². The second-order valence-corrected chi connectivity index (χ2v) is 10.3. The predicted molar refractivity (Wildman–Crippen MR) is 157 cm³/mol. The lowest BCUT2D eigenvalue weighted by Crippen LogP contribution is -2.22. The highest BCUT2D eigenvalue weighted by atomic mass is 16.5. The molecular weight excluding hydrogens is 472 g/mol. The van der Waals surface area contributed by atoms with Crippen molar-refractivity contribution in [2.24, 2.45) is 0 Å². The third-order valence-electron chi connectivity index (χ3n) is 7.76. The Bertz CT molecular complexity index is 1140. The van der Waals surface area contributed by atoms with Crippen LogP contribution in [0.25, 0.3) is 0 Å². The smallest absolute Gasteiger partial charge is 0.162 e. The second-order valence-electron chi connectivity index (χ2n) is 10.3. The lowest BCUT2D eigenvalue weighted by molar-refractivity contribution is 0.343. The van der Waals surface area contributed by atoms with Gasteiger partial charge in [0, 0.05) is 31.4 Å². The summed E-state index contributed by atoms with van der Waals surface area (Å²) in [7, 11) is 3.35. The number of ether oxygens (including phenoxy) is 2. The Kier molecular flexibility index (Phi) is 10.3. The number of nitrogens with zero attached hydrogens (tertiary/aromatic N) is 2. The van der Waals surface area contributed by atoms with Gasteiger partial charge in [0.15, 0.2) is 11.5 Å². The van der Waals surface area contributed by atoms with Crippen molar-refractivity contribution in [3.8, 4) is 17.2 Å². The highest BCUT2D eigenvalue weighted by molar-refractivity contribution is 5.56. The van der Waals surface area contributed by atoms with Gasteiger partial charge in [-0.05, 0) is 111 Å². The topological polar surface area (TPSA) is 45.2 Å². The first-order chi connectivity index (χ1) is 18.6. The van der Waals surface area contributed by atoms with Gasteiger partial charge in [-0.1, -0.05) is 30.3 Å². The molecule has 1 aliphatic heterocycles. The van der Waals surface area contributed by atoms with E-state index in [0.29, 0.717) is 5.75 Å². The number of aromatic hydroxyl groups is 1. The SMILES string of the molecule is CCN(Cc1ccc(CCN2CCCC2)cc1)c1ccc(OC)c(OC)c1.Oc1ccc2c(c1)CCCC2. The highest BCUT2D eigenvalue weighted by Crippen LogP contribution is 2.32. The minimum atomic E-state index is 0.408. The molecule has 1 heterocycles. The van der Waals surface area contributed by atoms with Crippen molar-refractivity contribution in [3.05, 3.63) is 82.9 Å². The van der Waals surface area contributed by atoms with E-state index in [1.807, 2.05) is 24.3 Å². The molecule has 204 valence electrons. The number of anilines is 1.